The molecule has 0 saturated carbocycles. The van der Waals surface area contributed by atoms with Crippen molar-refractivity contribution in [2.75, 3.05) is 13.7 Å². The van der Waals surface area contributed by atoms with E-state index < -0.39 is 0 Å². The summed E-state index contributed by atoms with van der Waals surface area (Å²) in [4.78, 5) is 0. The molecule has 0 bridgehead atoms. The van der Waals surface area contributed by atoms with Crippen molar-refractivity contribution in [3.63, 3.8) is 0 Å². The van der Waals surface area contributed by atoms with E-state index in [9.17, 15) is 0 Å². The second kappa shape index (κ2) is 6.92. The summed E-state index contributed by atoms with van der Waals surface area (Å²) in [6.07, 6.45) is 0. The van der Waals surface area contributed by atoms with Crippen LogP contribution < -0.4 is 10.1 Å². The number of nitriles is 1. The summed E-state index contributed by atoms with van der Waals surface area (Å²) >= 11 is 0. The van der Waals surface area contributed by atoms with Crippen molar-refractivity contribution in [3.8, 4) is 22.9 Å². The number of rotatable bonds is 5. The van der Waals surface area contributed by atoms with Gasteiger partial charge in [0.25, 0.3) is 0 Å². The number of nitrogens with one attached hydrogen (secondary N) is 1. The van der Waals surface area contributed by atoms with Gasteiger partial charge in [0.15, 0.2) is 0 Å². The molecule has 2 aromatic carbocycles. The first kappa shape index (κ1) is 15.1. The molecular weight excluding hydrogens is 260 g/mol. The molecule has 2 aromatic rings. The standard InChI is InChI=1S/C18H20N2O/c1-4-20-12-15-6-5-13(2)16(10-15)17-9-14(11-19)7-8-18(17)21-3/h5-10,20H,4,12H2,1-3H3. The Labute approximate surface area is 126 Å². The quantitative estimate of drug-likeness (QED) is 0.909. The van der Waals surface area contributed by atoms with Crippen molar-refractivity contribution in [1.29, 1.82) is 5.26 Å². The predicted octanol–water partition coefficient (Wildman–Crippen LogP) is 3.65. The highest BCUT2D eigenvalue weighted by molar-refractivity contribution is 5.75. The first-order valence-corrected chi connectivity index (χ1v) is 7.08. The van der Waals surface area contributed by atoms with Gasteiger partial charge in [0, 0.05) is 12.1 Å². The first-order valence-electron chi connectivity index (χ1n) is 7.08. The number of methoxy groups -OCH3 is 1. The summed E-state index contributed by atoms with van der Waals surface area (Å²) in [6.45, 7) is 5.94. The van der Waals surface area contributed by atoms with E-state index in [4.69, 9.17) is 10.00 Å². The van der Waals surface area contributed by atoms with Crippen LogP contribution >= 0.6 is 0 Å². The van der Waals surface area contributed by atoms with Crippen LogP contribution in [0.25, 0.3) is 11.1 Å². The van der Waals surface area contributed by atoms with E-state index >= 15 is 0 Å². The molecule has 1 N–H and O–H groups in total. The van der Waals surface area contributed by atoms with E-state index in [1.165, 1.54) is 11.1 Å². The van der Waals surface area contributed by atoms with E-state index in [0.717, 1.165) is 30.0 Å². The van der Waals surface area contributed by atoms with Gasteiger partial charge in [-0.05, 0) is 54.4 Å². The number of nitrogens with zero attached hydrogens (tertiary/aromatic N) is 1. The average Bonchev–Trinajstić information content (AvgIpc) is 2.53. The number of benzene rings is 2. The van der Waals surface area contributed by atoms with E-state index in [1.54, 1.807) is 13.2 Å². The van der Waals surface area contributed by atoms with E-state index in [0.29, 0.717) is 5.56 Å². The van der Waals surface area contributed by atoms with Gasteiger partial charge in [-0.15, -0.1) is 0 Å². The summed E-state index contributed by atoms with van der Waals surface area (Å²) in [5.74, 6) is 0.790. The van der Waals surface area contributed by atoms with Crippen LogP contribution in [0.4, 0.5) is 0 Å². The zero-order valence-electron chi connectivity index (χ0n) is 12.7. The van der Waals surface area contributed by atoms with E-state index in [2.05, 4.69) is 43.4 Å². The summed E-state index contributed by atoms with van der Waals surface area (Å²) < 4.78 is 5.45. The number of ether oxygens (including phenoxy) is 1. The van der Waals surface area contributed by atoms with Gasteiger partial charge >= 0.3 is 0 Å². The van der Waals surface area contributed by atoms with Crippen molar-refractivity contribution in [1.82, 2.24) is 5.32 Å². The second-order valence-corrected chi connectivity index (χ2v) is 4.96. The zero-order chi connectivity index (χ0) is 15.2. The topological polar surface area (TPSA) is 45.0 Å². The van der Waals surface area contributed by atoms with Gasteiger partial charge < -0.3 is 10.1 Å². The summed E-state index contributed by atoms with van der Waals surface area (Å²) in [7, 11) is 1.66. The van der Waals surface area contributed by atoms with Gasteiger partial charge in [0.05, 0.1) is 18.7 Å². The lowest BCUT2D eigenvalue weighted by molar-refractivity contribution is 0.416. The van der Waals surface area contributed by atoms with Crippen molar-refractivity contribution in [3.05, 3.63) is 53.1 Å². The SMILES string of the molecule is CCNCc1ccc(C)c(-c2cc(C#N)ccc2OC)c1. The maximum Gasteiger partial charge on any atom is 0.126 e. The average molecular weight is 280 g/mol. The Kier molecular flexibility index (Phi) is 4.97. The summed E-state index contributed by atoms with van der Waals surface area (Å²) in [6, 6.07) is 14.1. The van der Waals surface area contributed by atoms with E-state index in [1.807, 2.05) is 12.1 Å². The highest BCUT2D eigenvalue weighted by atomic mass is 16.5. The minimum absolute atomic E-state index is 0.641. The molecular formula is C18H20N2O. The van der Waals surface area contributed by atoms with Crippen molar-refractivity contribution in [2.24, 2.45) is 0 Å². The van der Waals surface area contributed by atoms with Crippen LogP contribution in [0.5, 0.6) is 5.75 Å². The largest absolute Gasteiger partial charge is 0.496 e. The Hall–Kier alpha value is -2.31. The van der Waals surface area contributed by atoms with Crippen molar-refractivity contribution < 1.29 is 4.74 Å². The van der Waals surface area contributed by atoms with Crippen molar-refractivity contribution >= 4 is 0 Å². The van der Waals surface area contributed by atoms with Crippen molar-refractivity contribution in [2.45, 2.75) is 20.4 Å². The molecule has 21 heavy (non-hydrogen) atoms. The molecule has 0 aromatic heterocycles. The molecule has 0 fully saturated rings. The highest BCUT2D eigenvalue weighted by Crippen LogP contribution is 2.33. The third kappa shape index (κ3) is 3.42. The fourth-order valence-corrected chi connectivity index (χ4v) is 2.33. The third-order valence-electron chi connectivity index (χ3n) is 3.50. The first-order chi connectivity index (χ1) is 10.2. The molecule has 0 unspecified atom stereocenters. The van der Waals surface area contributed by atoms with Crippen LogP contribution in [0, 0.1) is 18.3 Å². The Morgan fingerprint density at radius 2 is 1.95 bits per heavy atom. The lowest BCUT2D eigenvalue weighted by Gasteiger charge is -2.13. The fourth-order valence-electron chi connectivity index (χ4n) is 2.33. The Bertz CT molecular complexity index is 671. The van der Waals surface area contributed by atoms with Crippen LogP contribution in [-0.2, 0) is 6.54 Å². The number of hydrogen-bond acceptors (Lipinski definition) is 3. The maximum atomic E-state index is 9.11. The Balaban J connectivity index is 2.52. The molecule has 3 nitrogen and oxygen atoms in total. The minimum Gasteiger partial charge on any atom is -0.496 e. The molecule has 0 aliphatic heterocycles. The third-order valence-corrected chi connectivity index (χ3v) is 3.50. The molecule has 0 atom stereocenters. The van der Waals surface area contributed by atoms with Gasteiger partial charge in [-0.3, -0.25) is 0 Å². The maximum absolute atomic E-state index is 9.11. The molecule has 0 radical (unpaired) electrons. The van der Waals surface area contributed by atoms with Crippen LogP contribution in [0.3, 0.4) is 0 Å². The van der Waals surface area contributed by atoms with Crippen LogP contribution in [0.2, 0.25) is 0 Å². The molecule has 108 valence electrons. The Morgan fingerprint density at radius 1 is 1.14 bits per heavy atom. The minimum atomic E-state index is 0.641. The van der Waals surface area contributed by atoms with Gasteiger partial charge in [0.1, 0.15) is 5.75 Å². The fraction of sp³-hybridized carbons (Fsp3) is 0.278. The molecule has 0 aliphatic rings. The normalized spacial score (nSPS) is 10.2. The van der Waals surface area contributed by atoms with Gasteiger partial charge in [0.2, 0.25) is 0 Å². The molecule has 0 heterocycles. The van der Waals surface area contributed by atoms with Crippen LogP contribution in [0.15, 0.2) is 36.4 Å². The van der Waals surface area contributed by atoms with Gasteiger partial charge in [-0.25, -0.2) is 0 Å². The summed E-state index contributed by atoms with van der Waals surface area (Å²) in [5.41, 5.74) is 5.11. The monoisotopic (exact) mass is 280 g/mol. The smallest absolute Gasteiger partial charge is 0.126 e. The zero-order valence-corrected chi connectivity index (χ0v) is 12.7. The highest BCUT2D eigenvalue weighted by Gasteiger charge is 2.10. The molecule has 0 saturated heterocycles. The predicted molar refractivity (Wildman–Crippen MR) is 85.3 cm³/mol. The van der Waals surface area contributed by atoms with Crippen LogP contribution in [-0.4, -0.2) is 13.7 Å². The molecule has 0 amide bonds. The number of hydrogen-bond donors (Lipinski definition) is 1. The van der Waals surface area contributed by atoms with Gasteiger partial charge in [-0.2, -0.15) is 5.26 Å². The molecule has 0 aliphatic carbocycles. The Morgan fingerprint density at radius 3 is 2.62 bits per heavy atom. The molecule has 0 spiro atoms. The van der Waals surface area contributed by atoms with Gasteiger partial charge in [-0.1, -0.05) is 19.1 Å². The molecule has 3 heteroatoms. The lowest BCUT2D eigenvalue weighted by Crippen LogP contribution is -2.11. The molecule has 2 rings (SSSR count). The second-order valence-electron chi connectivity index (χ2n) is 4.96. The number of aryl methyl sites for hydroxylation is 1. The van der Waals surface area contributed by atoms with E-state index in [-0.39, 0.29) is 0 Å². The lowest BCUT2D eigenvalue weighted by atomic mass is 9.96. The van der Waals surface area contributed by atoms with Crippen LogP contribution in [0.1, 0.15) is 23.6 Å². The summed E-state index contributed by atoms with van der Waals surface area (Å²) in [5, 5.41) is 12.4.